The number of benzene rings is 1. The molecule has 0 aliphatic rings. The average molecular weight is 304 g/mol. The molecule has 2 rings (SSSR count). The second-order valence-electron chi connectivity index (χ2n) is 4.56. The first-order valence-electron chi connectivity index (χ1n) is 7.00. The van der Waals surface area contributed by atoms with Crippen molar-refractivity contribution in [2.24, 2.45) is 0 Å². The zero-order chi connectivity index (χ0) is 15.2. The number of nitrogens with one attached hydrogen (secondary N) is 1. The molecule has 0 spiro atoms. The average Bonchev–Trinajstić information content (AvgIpc) is 2.43. The number of anilines is 1. The first-order chi connectivity index (χ1) is 10.1. The number of nitrogens with zero attached hydrogens (tertiary/aromatic N) is 3. The van der Waals surface area contributed by atoms with Crippen molar-refractivity contribution in [3.05, 3.63) is 29.3 Å². The van der Waals surface area contributed by atoms with Crippen molar-refractivity contribution < 1.29 is 4.74 Å². The molecule has 1 aromatic heterocycles. The zero-order valence-corrected chi connectivity index (χ0v) is 13.6. The maximum Gasteiger partial charge on any atom is 0.322 e. The van der Waals surface area contributed by atoms with E-state index in [0.29, 0.717) is 23.7 Å². The van der Waals surface area contributed by atoms with Gasteiger partial charge in [0, 0.05) is 11.4 Å². The molecule has 6 heteroatoms. The Balaban J connectivity index is 2.31. The number of ether oxygens (including phenoxy) is 1. The molecule has 5 nitrogen and oxygen atoms in total. The topological polar surface area (TPSA) is 59.9 Å². The number of aryl methyl sites for hydroxylation is 2. The first kappa shape index (κ1) is 15.6. The van der Waals surface area contributed by atoms with Crippen LogP contribution in [0.5, 0.6) is 6.01 Å². The second kappa shape index (κ2) is 7.26. The van der Waals surface area contributed by atoms with Crippen LogP contribution in [0.15, 0.2) is 28.3 Å². The summed E-state index contributed by atoms with van der Waals surface area (Å²) < 4.78 is 5.41. The van der Waals surface area contributed by atoms with Crippen LogP contribution >= 0.6 is 11.8 Å². The lowest BCUT2D eigenvalue weighted by Crippen LogP contribution is -2.07. The van der Waals surface area contributed by atoms with E-state index < -0.39 is 0 Å². The summed E-state index contributed by atoms with van der Waals surface area (Å²) in [5.74, 6) is 0.545. The molecule has 0 bridgehead atoms. The van der Waals surface area contributed by atoms with Crippen LogP contribution in [0, 0.1) is 13.8 Å². The third-order valence-corrected chi connectivity index (χ3v) is 3.77. The summed E-state index contributed by atoms with van der Waals surface area (Å²) in [6, 6.07) is 6.70. The van der Waals surface area contributed by atoms with Crippen molar-refractivity contribution >= 4 is 17.7 Å². The number of hydrogen-bond acceptors (Lipinski definition) is 6. The molecule has 2 aromatic rings. The Labute approximate surface area is 129 Å². The van der Waals surface area contributed by atoms with E-state index in [9.17, 15) is 0 Å². The van der Waals surface area contributed by atoms with Gasteiger partial charge in [-0.1, -0.05) is 12.1 Å². The molecular weight excluding hydrogens is 284 g/mol. The molecule has 0 saturated carbocycles. The lowest BCUT2D eigenvalue weighted by Gasteiger charge is -2.09. The van der Waals surface area contributed by atoms with E-state index in [2.05, 4.69) is 52.3 Å². The van der Waals surface area contributed by atoms with Crippen molar-refractivity contribution in [2.75, 3.05) is 18.5 Å². The van der Waals surface area contributed by atoms with Crippen LogP contribution < -0.4 is 10.1 Å². The third-order valence-electron chi connectivity index (χ3n) is 2.75. The van der Waals surface area contributed by atoms with Gasteiger partial charge in [-0.2, -0.15) is 15.0 Å². The standard InChI is InChI=1S/C15H20N4OS/c1-5-16-13-17-14(20-6-2)19-15(18-13)21-12-9-10(3)7-8-11(12)4/h7-9H,5-6H2,1-4H3,(H,16,17,18,19). The van der Waals surface area contributed by atoms with Gasteiger partial charge in [-0.3, -0.25) is 0 Å². The highest BCUT2D eigenvalue weighted by Gasteiger charge is 2.10. The van der Waals surface area contributed by atoms with Gasteiger partial charge in [0.1, 0.15) is 0 Å². The van der Waals surface area contributed by atoms with Crippen LogP contribution in [0.4, 0.5) is 5.95 Å². The Morgan fingerprint density at radius 1 is 1.14 bits per heavy atom. The Hall–Kier alpha value is -1.82. The number of hydrogen-bond donors (Lipinski definition) is 1. The highest BCUT2D eigenvalue weighted by Crippen LogP contribution is 2.29. The quantitative estimate of drug-likeness (QED) is 0.882. The van der Waals surface area contributed by atoms with Gasteiger partial charge in [-0.25, -0.2) is 0 Å². The molecule has 0 atom stereocenters. The van der Waals surface area contributed by atoms with Crippen molar-refractivity contribution in [3.8, 4) is 6.01 Å². The molecule has 112 valence electrons. The molecule has 21 heavy (non-hydrogen) atoms. The van der Waals surface area contributed by atoms with Crippen LogP contribution in [0.3, 0.4) is 0 Å². The number of rotatable bonds is 6. The van der Waals surface area contributed by atoms with Gasteiger partial charge in [0.2, 0.25) is 11.1 Å². The monoisotopic (exact) mass is 304 g/mol. The SMILES string of the molecule is CCNc1nc(OCC)nc(Sc2cc(C)ccc2C)n1. The van der Waals surface area contributed by atoms with Crippen molar-refractivity contribution in [1.29, 1.82) is 0 Å². The first-order valence-corrected chi connectivity index (χ1v) is 7.81. The summed E-state index contributed by atoms with van der Waals surface area (Å²) in [5, 5.41) is 3.74. The van der Waals surface area contributed by atoms with Crippen LogP contribution in [-0.2, 0) is 0 Å². The third kappa shape index (κ3) is 4.32. The van der Waals surface area contributed by atoms with Crippen LogP contribution in [0.25, 0.3) is 0 Å². The summed E-state index contributed by atoms with van der Waals surface area (Å²) in [6.07, 6.45) is 0. The molecule has 0 radical (unpaired) electrons. The van der Waals surface area contributed by atoms with E-state index in [1.165, 1.54) is 22.9 Å². The molecule has 0 unspecified atom stereocenters. The highest BCUT2D eigenvalue weighted by molar-refractivity contribution is 7.99. The van der Waals surface area contributed by atoms with Crippen LogP contribution in [0.1, 0.15) is 25.0 Å². The molecule has 0 aliphatic heterocycles. The van der Waals surface area contributed by atoms with Crippen LogP contribution in [0.2, 0.25) is 0 Å². The lowest BCUT2D eigenvalue weighted by atomic mass is 10.2. The second-order valence-corrected chi connectivity index (χ2v) is 5.57. The molecule has 1 N–H and O–H groups in total. The fraction of sp³-hybridized carbons (Fsp3) is 0.400. The van der Waals surface area contributed by atoms with Gasteiger partial charge in [0.25, 0.3) is 0 Å². The molecule has 1 heterocycles. The predicted octanol–water partition coefficient (Wildman–Crippen LogP) is 3.47. The molecule has 0 amide bonds. The Morgan fingerprint density at radius 3 is 2.67 bits per heavy atom. The molecule has 0 saturated heterocycles. The highest BCUT2D eigenvalue weighted by atomic mass is 32.2. The summed E-state index contributed by atoms with van der Waals surface area (Å²) in [6.45, 7) is 9.35. The van der Waals surface area contributed by atoms with Gasteiger partial charge < -0.3 is 10.1 Å². The Bertz CT molecular complexity index is 594. The maximum atomic E-state index is 5.41. The minimum atomic E-state index is 0.358. The van der Waals surface area contributed by atoms with Crippen molar-refractivity contribution in [1.82, 2.24) is 15.0 Å². The summed E-state index contributed by atoms with van der Waals surface area (Å²) in [4.78, 5) is 14.1. The lowest BCUT2D eigenvalue weighted by molar-refractivity contribution is 0.308. The van der Waals surface area contributed by atoms with Crippen molar-refractivity contribution in [2.45, 2.75) is 37.7 Å². The zero-order valence-electron chi connectivity index (χ0n) is 12.8. The van der Waals surface area contributed by atoms with E-state index >= 15 is 0 Å². The van der Waals surface area contributed by atoms with Crippen molar-refractivity contribution in [3.63, 3.8) is 0 Å². The summed E-state index contributed by atoms with van der Waals surface area (Å²) in [5.41, 5.74) is 2.42. The maximum absolute atomic E-state index is 5.41. The van der Waals surface area contributed by atoms with Gasteiger partial charge >= 0.3 is 6.01 Å². The molecule has 0 aliphatic carbocycles. The fourth-order valence-corrected chi connectivity index (χ4v) is 2.66. The summed E-state index contributed by atoms with van der Waals surface area (Å²) >= 11 is 1.53. The van der Waals surface area contributed by atoms with Gasteiger partial charge in [0.15, 0.2) is 0 Å². The predicted molar refractivity (Wildman–Crippen MR) is 85.2 cm³/mol. The minimum Gasteiger partial charge on any atom is -0.464 e. The van der Waals surface area contributed by atoms with E-state index in [-0.39, 0.29) is 0 Å². The van der Waals surface area contributed by atoms with E-state index in [1.807, 2.05) is 13.8 Å². The number of aromatic nitrogens is 3. The van der Waals surface area contributed by atoms with Gasteiger partial charge in [-0.15, -0.1) is 0 Å². The summed E-state index contributed by atoms with van der Waals surface area (Å²) in [7, 11) is 0. The van der Waals surface area contributed by atoms with Gasteiger partial charge in [-0.05, 0) is 56.7 Å². The largest absolute Gasteiger partial charge is 0.464 e. The minimum absolute atomic E-state index is 0.358. The van der Waals surface area contributed by atoms with E-state index in [1.54, 1.807) is 0 Å². The van der Waals surface area contributed by atoms with E-state index in [4.69, 9.17) is 4.74 Å². The molecule has 1 aromatic carbocycles. The normalized spacial score (nSPS) is 10.5. The molecular formula is C15H20N4OS. The fourth-order valence-electron chi connectivity index (χ4n) is 1.73. The smallest absolute Gasteiger partial charge is 0.322 e. The van der Waals surface area contributed by atoms with Crippen LogP contribution in [-0.4, -0.2) is 28.1 Å². The Morgan fingerprint density at radius 2 is 1.95 bits per heavy atom. The van der Waals surface area contributed by atoms with E-state index in [0.717, 1.165) is 11.4 Å². The molecule has 0 fully saturated rings. The van der Waals surface area contributed by atoms with Gasteiger partial charge in [0.05, 0.1) is 6.61 Å². The Kier molecular flexibility index (Phi) is 5.38.